The maximum absolute atomic E-state index is 12.0. The van der Waals surface area contributed by atoms with Crippen LogP contribution in [0.1, 0.15) is 13.8 Å². The van der Waals surface area contributed by atoms with E-state index < -0.39 is 0 Å². The van der Waals surface area contributed by atoms with Gasteiger partial charge in [0.2, 0.25) is 11.8 Å². The van der Waals surface area contributed by atoms with Gasteiger partial charge in [-0.15, -0.1) is 0 Å². The van der Waals surface area contributed by atoms with Gasteiger partial charge < -0.3 is 10.2 Å². The van der Waals surface area contributed by atoms with E-state index in [0.717, 1.165) is 4.47 Å². The highest BCUT2D eigenvalue weighted by atomic mass is 79.9. The summed E-state index contributed by atoms with van der Waals surface area (Å²) in [7, 11) is 0. The minimum atomic E-state index is -0.0934. The number of amides is 2. The zero-order valence-electron chi connectivity index (χ0n) is 12.2. The Kier molecular flexibility index (Phi) is 5.30. The molecule has 2 heterocycles. The number of nitrogens with one attached hydrogen (secondary N) is 1. The minimum absolute atomic E-state index is 0.0879. The maximum Gasteiger partial charge on any atom is 0.239 e. The Morgan fingerprint density at radius 1 is 1.48 bits per heavy atom. The molecule has 1 aliphatic rings. The van der Waals surface area contributed by atoms with E-state index in [2.05, 4.69) is 31.1 Å². The summed E-state index contributed by atoms with van der Waals surface area (Å²) >= 11 is 3.34. The monoisotopic (exact) mass is 354 g/mol. The lowest BCUT2D eigenvalue weighted by atomic mass is 10.2. The summed E-state index contributed by atoms with van der Waals surface area (Å²) in [4.78, 5) is 31.4. The smallest absolute Gasteiger partial charge is 0.239 e. The summed E-state index contributed by atoms with van der Waals surface area (Å²) < 4.78 is 0.872. The molecule has 0 bridgehead atoms. The van der Waals surface area contributed by atoms with Gasteiger partial charge in [-0.25, -0.2) is 4.98 Å². The molecule has 0 unspecified atom stereocenters. The van der Waals surface area contributed by atoms with Crippen molar-refractivity contribution in [3.63, 3.8) is 0 Å². The summed E-state index contributed by atoms with van der Waals surface area (Å²) in [5.41, 5.74) is 0. The highest BCUT2D eigenvalue weighted by Gasteiger charge is 2.26. The Morgan fingerprint density at radius 2 is 2.24 bits per heavy atom. The summed E-state index contributed by atoms with van der Waals surface area (Å²) in [6, 6.07) is 3.69. The molecule has 0 spiro atoms. The molecular formula is C14H19BrN4O2. The number of anilines is 1. The van der Waals surface area contributed by atoms with Crippen LogP contribution in [0.3, 0.4) is 0 Å². The van der Waals surface area contributed by atoms with E-state index >= 15 is 0 Å². The molecule has 2 rings (SSSR count). The zero-order chi connectivity index (χ0) is 15.4. The summed E-state index contributed by atoms with van der Waals surface area (Å²) in [6.45, 7) is 5.98. The number of aromatic nitrogens is 1. The van der Waals surface area contributed by atoms with E-state index in [4.69, 9.17) is 0 Å². The molecule has 0 radical (unpaired) electrons. The van der Waals surface area contributed by atoms with Gasteiger partial charge in [-0.1, -0.05) is 15.9 Å². The summed E-state index contributed by atoms with van der Waals surface area (Å²) in [5.74, 6) is 0.527. The van der Waals surface area contributed by atoms with E-state index in [9.17, 15) is 9.59 Å². The van der Waals surface area contributed by atoms with E-state index in [0.29, 0.717) is 32.0 Å². The quantitative estimate of drug-likeness (QED) is 0.889. The SMILES string of the molecule is CC(=O)N1CCN(CC(=O)Nc2cc(Br)ccn2)C[C@H]1C. The van der Waals surface area contributed by atoms with E-state index in [1.54, 1.807) is 25.3 Å². The van der Waals surface area contributed by atoms with Crippen molar-refractivity contribution in [2.24, 2.45) is 0 Å². The summed E-state index contributed by atoms with van der Waals surface area (Å²) in [5, 5.41) is 2.78. The van der Waals surface area contributed by atoms with Gasteiger partial charge in [0.25, 0.3) is 0 Å². The third kappa shape index (κ3) is 4.50. The first-order valence-electron chi connectivity index (χ1n) is 6.86. The number of rotatable bonds is 3. The highest BCUT2D eigenvalue weighted by molar-refractivity contribution is 9.10. The number of carbonyl (C=O) groups excluding carboxylic acids is 2. The van der Waals surface area contributed by atoms with Crippen LogP contribution in [0, 0.1) is 0 Å². The van der Waals surface area contributed by atoms with Gasteiger partial charge in [0, 0.05) is 43.3 Å². The molecule has 0 aliphatic carbocycles. The number of halogens is 1. The van der Waals surface area contributed by atoms with Crippen LogP contribution in [-0.2, 0) is 9.59 Å². The number of carbonyl (C=O) groups is 2. The van der Waals surface area contributed by atoms with Gasteiger partial charge in [0.1, 0.15) is 5.82 Å². The lowest BCUT2D eigenvalue weighted by Gasteiger charge is -2.39. The molecule has 1 fully saturated rings. The molecule has 1 atom stereocenters. The second kappa shape index (κ2) is 7.00. The normalized spacial score (nSPS) is 19.4. The van der Waals surface area contributed by atoms with Crippen molar-refractivity contribution in [1.29, 1.82) is 0 Å². The molecule has 1 aromatic heterocycles. The predicted octanol–water partition coefficient (Wildman–Crippen LogP) is 1.34. The first-order chi connectivity index (χ1) is 9.95. The third-order valence-electron chi connectivity index (χ3n) is 3.47. The van der Waals surface area contributed by atoms with E-state index in [1.165, 1.54) is 0 Å². The molecule has 2 amide bonds. The maximum atomic E-state index is 12.0. The molecule has 1 aliphatic heterocycles. The largest absolute Gasteiger partial charge is 0.338 e. The Labute approximate surface area is 132 Å². The number of hydrogen-bond donors (Lipinski definition) is 1. The first-order valence-corrected chi connectivity index (χ1v) is 7.66. The molecule has 0 aromatic carbocycles. The van der Waals surface area contributed by atoms with Gasteiger partial charge in [0.05, 0.1) is 6.54 Å². The van der Waals surface area contributed by atoms with Gasteiger partial charge in [-0.2, -0.15) is 0 Å². The van der Waals surface area contributed by atoms with Gasteiger partial charge in [-0.05, 0) is 19.1 Å². The fraction of sp³-hybridized carbons (Fsp3) is 0.500. The minimum Gasteiger partial charge on any atom is -0.338 e. The van der Waals surface area contributed by atoms with Gasteiger partial charge in [-0.3, -0.25) is 14.5 Å². The predicted molar refractivity (Wildman–Crippen MR) is 83.9 cm³/mol. The average molecular weight is 355 g/mol. The van der Waals surface area contributed by atoms with Crippen LogP contribution >= 0.6 is 15.9 Å². The Bertz CT molecular complexity index is 537. The van der Waals surface area contributed by atoms with Crippen LogP contribution in [0.15, 0.2) is 22.8 Å². The molecule has 7 heteroatoms. The third-order valence-corrected chi connectivity index (χ3v) is 3.97. The fourth-order valence-corrected chi connectivity index (χ4v) is 2.84. The van der Waals surface area contributed by atoms with Crippen LogP contribution in [0.25, 0.3) is 0 Å². The first kappa shape index (κ1) is 15.9. The number of hydrogen-bond acceptors (Lipinski definition) is 4. The second-order valence-electron chi connectivity index (χ2n) is 5.20. The molecule has 0 saturated carbocycles. The molecule has 114 valence electrons. The van der Waals surface area contributed by atoms with Crippen LogP contribution in [0.5, 0.6) is 0 Å². The molecule has 1 saturated heterocycles. The Balaban J connectivity index is 1.85. The lowest BCUT2D eigenvalue weighted by molar-refractivity contribution is -0.133. The van der Waals surface area contributed by atoms with Gasteiger partial charge >= 0.3 is 0 Å². The van der Waals surface area contributed by atoms with Crippen LogP contribution in [0.2, 0.25) is 0 Å². The zero-order valence-corrected chi connectivity index (χ0v) is 13.8. The van der Waals surface area contributed by atoms with Crippen molar-refractivity contribution in [2.45, 2.75) is 19.9 Å². The van der Waals surface area contributed by atoms with Crippen molar-refractivity contribution in [3.8, 4) is 0 Å². The topological polar surface area (TPSA) is 65.5 Å². The second-order valence-corrected chi connectivity index (χ2v) is 6.12. The van der Waals surface area contributed by atoms with Crippen LogP contribution in [-0.4, -0.2) is 58.8 Å². The number of pyridine rings is 1. The Morgan fingerprint density at radius 3 is 2.86 bits per heavy atom. The van der Waals surface area contributed by atoms with Gasteiger partial charge in [0.15, 0.2) is 0 Å². The molecular weight excluding hydrogens is 336 g/mol. The van der Waals surface area contributed by atoms with Crippen molar-refractivity contribution in [2.75, 3.05) is 31.5 Å². The van der Waals surface area contributed by atoms with Crippen molar-refractivity contribution in [1.82, 2.24) is 14.8 Å². The fourth-order valence-electron chi connectivity index (χ4n) is 2.50. The number of nitrogens with zero attached hydrogens (tertiary/aromatic N) is 3. The van der Waals surface area contributed by atoms with E-state index in [1.807, 2.05) is 11.8 Å². The van der Waals surface area contributed by atoms with Crippen molar-refractivity contribution >= 4 is 33.6 Å². The van der Waals surface area contributed by atoms with E-state index in [-0.39, 0.29) is 17.9 Å². The molecule has 1 aromatic rings. The van der Waals surface area contributed by atoms with Crippen molar-refractivity contribution < 1.29 is 9.59 Å². The molecule has 21 heavy (non-hydrogen) atoms. The van der Waals surface area contributed by atoms with Crippen LogP contribution < -0.4 is 5.32 Å². The van der Waals surface area contributed by atoms with Crippen molar-refractivity contribution in [3.05, 3.63) is 22.8 Å². The molecule has 1 N–H and O–H groups in total. The molecule has 6 nitrogen and oxygen atoms in total. The Hall–Kier alpha value is -1.47. The summed E-state index contributed by atoms with van der Waals surface area (Å²) in [6.07, 6.45) is 1.63. The lowest BCUT2D eigenvalue weighted by Crippen LogP contribution is -2.54. The van der Waals surface area contributed by atoms with Crippen LogP contribution in [0.4, 0.5) is 5.82 Å². The standard InChI is InChI=1S/C14H19BrN4O2/c1-10-8-18(5-6-19(10)11(2)20)9-14(21)17-13-7-12(15)3-4-16-13/h3-4,7,10H,5-6,8-9H2,1-2H3,(H,16,17,21)/t10-/m1/s1. The highest BCUT2D eigenvalue weighted by Crippen LogP contribution is 2.13. The average Bonchev–Trinajstić information content (AvgIpc) is 2.38. The number of piperazine rings is 1.